The fourth-order valence-electron chi connectivity index (χ4n) is 4.40. The van der Waals surface area contributed by atoms with Crippen LogP contribution in [0.25, 0.3) is 10.8 Å². The molecule has 1 aliphatic carbocycles. The van der Waals surface area contributed by atoms with Crippen LogP contribution in [0.15, 0.2) is 36.7 Å². The van der Waals surface area contributed by atoms with Gasteiger partial charge in [-0.1, -0.05) is 25.3 Å². The molecule has 1 aliphatic heterocycles. The molecule has 0 atom stereocenters. The number of piperidine rings is 1. The Morgan fingerprint density at radius 1 is 0.958 bits per heavy atom. The van der Waals surface area contributed by atoms with Gasteiger partial charge in [-0.15, -0.1) is 0 Å². The Bertz CT molecular complexity index is 655. The van der Waals surface area contributed by atoms with Crippen LogP contribution in [0.4, 0.5) is 5.69 Å². The SMILES string of the molecule is c1cc2cc(NC3CCN(CC4CCCCC4)CC3)ccc2cn1. The van der Waals surface area contributed by atoms with E-state index < -0.39 is 0 Å². The van der Waals surface area contributed by atoms with Crippen molar-refractivity contribution in [3.63, 3.8) is 0 Å². The van der Waals surface area contributed by atoms with Crippen LogP contribution in [-0.4, -0.2) is 35.6 Å². The molecule has 128 valence electrons. The standard InChI is InChI=1S/C21H29N3/c1-2-4-17(5-3-1)16-24-12-9-20(10-13-24)23-21-7-6-19-15-22-11-8-18(19)14-21/h6-8,11,14-15,17,20,23H,1-5,9-10,12-13,16H2. The summed E-state index contributed by atoms with van der Waals surface area (Å²) in [7, 11) is 0. The molecule has 0 spiro atoms. The van der Waals surface area contributed by atoms with Crippen molar-refractivity contribution in [2.45, 2.75) is 51.0 Å². The highest BCUT2D eigenvalue weighted by atomic mass is 15.1. The highest BCUT2D eigenvalue weighted by Crippen LogP contribution is 2.26. The predicted octanol–water partition coefficient (Wildman–Crippen LogP) is 4.69. The van der Waals surface area contributed by atoms with Crippen LogP contribution in [0.1, 0.15) is 44.9 Å². The number of hydrogen-bond acceptors (Lipinski definition) is 3. The molecule has 1 aromatic carbocycles. The van der Waals surface area contributed by atoms with E-state index in [0.29, 0.717) is 6.04 Å². The predicted molar refractivity (Wildman–Crippen MR) is 101 cm³/mol. The Hall–Kier alpha value is -1.61. The van der Waals surface area contributed by atoms with Gasteiger partial charge in [0.25, 0.3) is 0 Å². The third kappa shape index (κ3) is 3.89. The second kappa shape index (κ2) is 7.52. The highest BCUT2D eigenvalue weighted by Gasteiger charge is 2.22. The molecule has 0 radical (unpaired) electrons. The molecule has 0 bridgehead atoms. The molecule has 4 rings (SSSR count). The van der Waals surface area contributed by atoms with Crippen LogP contribution in [-0.2, 0) is 0 Å². The second-order valence-electron chi connectivity index (χ2n) is 7.66. The number of nitrogens with zero attached hydrogens (tertiary/aromatic N) is 2. The zero-order chi connectivity index (χ0) is 16.2. The normalized spacial score (nSPS) is 21.2. The minimum atomic E-state index is 0.617. The Morgan fingerprint density at radius 2 is 1.79 bits per heavy atom. The van der Waals surface area contributed by atoms with Crippen molar-refractivity contribution in [1.82, 2.24) is 9.88 Å². The molecule has 1 saturated carbocycles. The lowest BCUT2D eigenvalue weighted by Gasteiger charge is -2.36. The molecule has 2 fully saturated rings. The number of hydrogen-bond donors (Lipinski definition) is 1. The van der Waals surface area contributed by atoms with Gasteiger partial charge in [-0.25, -0.2) is 0 Å². The molecule has 1 saturated heterocycles. The monoisotopic (exact) mass is 323 g/mol. The van der Waals surface area contributed by atoms with Gasteiger partial charge >= 0.3 is 0 Å². The second-order valence-corrected chi connectivity index (χ2v) is 7.66. The van der Waals surface area contributed by atoms with Gasteiger partial charge in [0.15, 0.2) is 0 Å². The summed E-state index contributed by atoms with van der Waals surface area (Å²) in [6, 6.07) is 9.33. The third-order valence-electron chi connectivity index (χ3n) is 5.84. The van der Waals surface area contributed by atoms with E-state index in [1.807, 2.05) is 12.4 Å². The maximum atomic E-state index is 4.19. The van der Waals surface area contributed by atoms with Crippen LogP contribution in [0.2, 0.25) is 0 Å². The van der Waals surface area contributed by atoms with Crippen molar-refractivity contribution in [3.05, 3.63) is 36.7 Å². The first kappa shape index (κ1) is 15.9. The molecule has 1 aromatic heterocycles. The molecule has 2 aliphatic rings. The largest absolute Gasteiger partial charge is 0.382 e. The van der Waals surface area contributed by atoms with E-state index in [4.69, 9.17) is 0 Å². The summed E-state index contributed by atoms with van der Waals surface area (Å²) in [6.07, 6.45) is 13.6. The Morgan fingerprint density at radius 3 is 2.62 bits per heavy atom. The van der Waals surface area contributed by atoms with E-state index in [9.17, 15) is 0 Å². The zero-order valence-electron chi connectivity index (χ0n) is 14.6. The van der Waals surface area contributed by atoms with Gasteiger partial charge < -0.3 is 10.2 Å². The summed E-state index contributed by atoms with van der Waals surface area (Å²) in [5, 5.41) is 6.23. The maximum absolute atomic E-state index is 4.19. The molecule has 2 heterocycles. The quantitative estimate of drug-likeness (QED) is 0.884. The first-order valence-corrected chi connectivity index (χ1v) is 9.69. The fourth-order valence-corrected chi connectivity index (χ4v) is 4.40. The number of likely N-dealkylation sites (tertiary alicyclic amines) is 1. The molecular weight excluding hydrogens is 294 g/mol. The van der Waals surface area contributed by atoms with Crippen LogP contribution in [0, 0.1) is 5.92 Å². The van der Waals surface area contributed by atoms with Crippen LogP contribution >= 0.6 is 0 Å². The molecular formula is C21H29N3. The number of anilines is 1. The topological polar surface area (TPSA) is 28.2 Å². The number of nitrogens with one attached hydrogen (secondary N) is 1. The van der Waals surface area contributed by atoms with Crippen LogP contribution < -0.4 is 5.32 Å². The summed E-state index contributed by atoms with van der Waals surface area (Å²) < 4.78 is 0. The highest BCUT2D eigenvalue weighted by molar-refractivity contribution is 5.84. The van der Waals surface area contributed by atoms with Crippen molar-refractivity contribution in [2.75, 3.05) is 25.0 Å². The van der Waals surface area contributed by atoms with Crippen molar-refractivity contribution < 1.29 is 0 Å². The lowest BCUT2D eigenvalue weighted by molar-refractivity contribution is 0.168. The minimum absolute atomic E-state index is 0.617. The Labute approximate surface area is 145 Å². The molecule has 2 aromatic rings. The lowest BCUT2D eigenvalue weighted by atomic mass is 9.88. The number of benzene rings is 1. The van der Waals surface area contributed by atoms with E-state index in [1.165, 1.54) is 81.0 Å². The fraction of sp³-hybridized carbons (Fsp3) is 0.571. The number of aromatic nitrogens is 1. The van der Waals surface area contributed by atoms with Gasteiger partial charge in [0.1, 0.15) is 0 Å². The molecule has 0 unspecified atom stereocenters. The van der Waals surface area contributed by atoms with Crippen LogP contribution in [0.5, 0.6) is 0 Å². The molecule has 3 nitrogen and oxygen atoms in total. The van der Waals surface area contributed by atoms with Gasteiger partial charge in [-0.05, 0) is 55.2 Å². The zero-order valence-corrected chi connectivity index (χ0v) is 14.6. The van der Waals surface area contributed by atoms with Gasteiger partial charge in [0.2, 0.25) is 0 Å². The first-order chi connectivity index (χ1) is 11.9. The Balaban J connectivity index is 1.29. The molecule has 3 heteroatoms. The average Bonchev–Trinajstić information content (AvgIpc) is 2.64. The average molecular weight is 323 g/mol. The van der Waals surface area contributed by atoms with Gasteiger partial charge in [0.05, 0.1) is 0 Å². The van der Waals surface area contributed by atoms with Crippen molar-refractivity contribution in [1.29, 1.82) is 0 Å². The Kier molecular flexibility index (Phi) is 4.98. The summed E-state index contributed by atoms with van der Waals surface area (Å²) in [6.45, 7) is 3.85. The van der Waals surface area contributed by atoms with E-state index in [2.05, 4.69) is 39.5 Å². The van der Waals surface area contributed by atoms with E-state index in [-0.39, 0.29) is 0 Å². The van der Waals surface area contributed by atoms with E-state index in [0.717, 1.165) is 5.92 Å². The van der Waals surface area contributed by atoms with Crippen LogP contribution in [0.3, 0.4) is 0 Å². The summed E-state index contributed by atoms with van der Waals surface area (Å²) in [5.41, 5.74) is 1.25. The number of fused-ring (bicyclic) bond motifs is 1. The summed E-state index contributed by atoms with van der Waals surface area (Å²) in [4.78, 5) is 6.90. The van der Waals surface area contributed by atoms with Gasteiger partial charge in [0, 0.05) is 49.1 Å². The smallest absolute Gasteiger partial charge is 0.0348 e. The van der Waals surface area contributed by atoms with Gasteiger partial charge in [-0.3, -0.25) is 4.98 Å². The summed E-state index contributed by atoms with van der Waals surface area (Å²) >= 11 is 0. The molecule has 1 N–H and O–H groups in total. The van der Waals surface area contributed by atoms with Crippen molar-refractivity contribution >= 4 is 16.5 Å². The third-order valence-corrected chi connectivity index (χ3v) is 5.84. The number of pyridine rings is 1. The van der Waals surface area contributed by atoms with E-state index >= 15 is 0 Å². The van der Waals surface area contributed by atoms with Gasteiger partial charge in [-0.2, -0.15) is 0 Å². The maximum Gasteiger partial charge on any atom is 0.0348 e. The summed E-state index contributed by atoms with van der Waals surface area (Å²) in [5.74, 6) is 0.970. The molecule has 24 heavy (non-hydrogen) atoms. The molecule has 0 amide bonds. The van der Waals surface area contributed by atoms with Crippen molar-refractivity contribution in [2.24, 2.45) is 5.92 Å². The minimum Gasteiger partial charge on any atom is -0.382 e. The number of rotatable bonds is 4. The first-order valence-electron chi connectivity index (χ1n) is 9.69. The van der Waals surface area contributed by atoms with Crippen molar-refractivity contribution in [3.8, 4) is 0 Å². The van der Waals surface area contributed by atoms with E-state index in [1.54, 1.807) is 0 Å². The lowest BCUT2D eigenvalue weighted by Crippen LogP contribution is -2.41.